The van der Waals surface area contributed by atoms with E-state index in [1.54, 1.807) is 11.9 Å². The van der Waals surface area contributed by atoms with Crippen molar-refractivity contribution in [3.63, 3.8) is 0 Å². The second-order valence-corrected chi connectivity index (χ2v) is 10.6. The first-order valence-corrected chi connectivity index (χ1v) is 9.35. The van der Waals surface area contributed by atoms with E-state index in [1.165, 1.54) is 5.19 Å². The molecule has 1 aromatic rings. The zero-order valence-corrected chi connectivity index (χ0v) is 12.0. The van der Waals surface area contributed by atoms with Gasteiger partial charge in [-0.2, -0.15) is 0 Å². The Hall–Kier alpha value is -0.743. The van der Waals surface area contributed by atoms with E-state index >= 15 is 0 Å². The standard InChI is InChI=1S/C13H21F2NSi/c1-16(10-13(14)15)9-11-5-7-12(8-6-11)17(2,3)4/h5-8,13H,9-10H2,1-4H3. The minimum Gasteiger partial charge on any atom is -0.297 e. The number of benzene rings is 1. The maximum atomic E-state index is 12.2. The maximum Gasteiger partial charge on any atom is 0.251 e. The van der Waals surface area contributed by atoms with Crippen molar-refractivity contribution in [2.75, 3.05) is 13.6 Å². The van der Waals surface area contributed by atoms with Crippen LogP contribution in [0.4, 0.5) is 8.78 Å². The summed E-state index contributed by atoms with van der Waals surface area (Å²) in [5.41, 5.74) is 1.09. The lowest BCUT2D eigenvalue weighted by atomic mass is 10.2. The lowest BCUT2D eigenvalue weighted by Crippen LogP contribution is -2.37. The quantitative estimate of drug-likeness (QED) is 0.733. The predicted molar refractivity (Wildman–Crippen MR) is 71.8 cm³/mol. The first-order valence-electron chi connectivity index (χ1n) is 5.85. The van der Waals surface area contributed by atoms with Gasteiger partial charge in [-0.15, -0.1) is 0 Å². The predicted octanol–water partition coefficient (Wildman–Crippen LogP) is 2.93. The van der Waals surface area contributed by atoms with E-state index in [4.69, 9.17) is 0 Å². The summed E-state index contributed by atoms with van der Waals surface area (Å²) in [5.74, 6) is 0. The van der Waals surface area contributed by atoms with Crippen LogP contribution in [0.25, 0.3) is 0 Å². The Morgan fingerprint density at radius 1 is 1.12 bits per heavy atom. The van der Waals surface area contributed by atoms with Crippen molar-refractivity contribution in [1.29, 1.82) is 0 Å². The third-order valence-electron chi connectivity index (χ3n) is 2.72. The van der Waals surface area contributed by atoms with Crippen molar-refractivity contribution in [3.8, 4) is 0 Å². The van der Waals surface area contributed by atoms with Gasteiger partial charge < -0.3 is 0 Å². The molecular weight excluding hydrogens is 236 g/mol. The monoisotopic (exact) mass is 257 g/mol. The topological polar surface area (TPSA) is 3.24 Å². The third-order valence-corrected chi connectivity index (χ3v) is 4.79. The largest absolute Gasteiger partial charge is 0.297 e. The van der Waals surface area contributed by atoms with Gasteiger partial charge in [0.2, 0.25) is 0 Å². The molecule has 0 amide bonds. The normalized spacial score (nSPS) is 12.5. The average molecular weight is 257 g/mol. The fourth-order valence-corrected chi connectivity index (χ4v) is 2.89. The molecule has 1 nitrogen and oxygen atoms in total. The smallest absolute Gasteiger partial charge is 0.251 e. The molecule has 0 N–H and O–H groups in total. The fraction of sp³-hybridized carbons (Fsp3) is 0.538. The summed E-state index contributed by atoms with van der Waals surface area (Å²) in [6.07, 6.45) is -2.26. The van der Waals surface area contributed by atoms with E-state index in [2.05, 4.69) is 43.9 Å². The lowest BCUT2D eigenvalue weighted by Gasteiger charge is -2.19. The molecule has 0 aromatic heterocycles. The second kappa shape index (κ2) is 5.73. The second-order valence-electron chi connectivity index (χ2n) is 5.53. The van der Waals surface area contributed by atoms with Crippen LogP contribution in [-0.4, -0.2) is 33.0 Å². The van der Waals surface area contributed by atoms with Gasteiger partial charge in [0.15, 0.2) is 0 Å². The first kappa shape index (κ1) is 14.3. The number of hydrogen-bond acceptors (Lipinski definition) is 1. The molecule has 1 rings (SSSR count). The van der Waals surface area contributed by atoms with E-state index in [0.717, 1.165) is 5.56 Å². The van der Waals surface area contributed by atoms with Gasteiger partial charge in [-0.3, -0.25) is 4.90 Å². The van der Waals surface area contributed by atoms with Crippen LogP contribution in [0.1, 0.15) is 5.56 Å². The zero-order valence-electron chi connectivity index (χ0n) is 11.0. The van der Waals surface area contributed by atoms with Crippen LogP contribution in [0.3, 0.4) is 0 Å². The van der Waals surface area contributed by atoms with Crippen molar-refractivity contribution in [2.24, 2.45) is 0 Å². The molecule has 0 fully saturated rings. The van der Waals surface area contributed by atoms with Crippen LogP contribution in [0.5, 0.6) is 0 Å². The Kier molecular flexibility index (Phi) is 4.83. The van der Waals surface area contributed by atoms with E-state index in [1.807, 2.05) is 0 Å². The van der Waals surface area contributed by atoms with Crippen molar-refractivity contribution >= 4 is 13.3 Å². The van der Waals surface area contributed by atoms with Crippen molar-refractivity contribution in [3.05, 3.63) is 29.8 Å². The summed E-state index contributed by atoms with van der Waals surface area (Å²) in [7, 11) is 0.465. The highest BCUT2D eigenvalue weighted by molar-refractivity contribution is 6.88. The molecule has 0 heterocycles. The molecule has 17 heavy (non-hydrogen) atoms. The number of nitrogens with zero attached hydrogens (tertiary/aromatic N) is 1. The van der Waals surface area contributed by atoms with Gasteiger partial charge in [0.1, 0.15) is 0 Å². The Morgan fingerprint density at radius 3 is 2.06 bits per heavy atom. The fourth-order valence-electron chi connectivity index (χ4n) is 1.72. The maximum absolute atomic E-state index is 12.2. The van der Waals surface area contributed by atoms with E-state index in [0.29, 0.717) is 6.54 Å². The average Bonchev–Trinajstić information content (AvgIpc) is 2.15. The van der Waals surface area contributed by atoms with Crippen LogP contribution in [0, 0.1) is 0 Å². The zero-order chi connectivity index (χ0) is 13.1. The van der Waals surface area contributed by atoms with E-state index in [9.17, 15) is 8.78 Å². The SMILES string of the molecule is CN(Cc1ccc([Si](C)(C)C)cc1)CC(F)F. The Bertz CT molecular complexity index is 343. The van der Waals surface area contributed by atoms with Gasteiger partial charge >= 0.3 is 0 Å². The number of halogens is 2. The van der Waals surface area contributed by atoms with Crippen molar-refractivity contribution in [2.45, 2.75) is 32.6 Å². The molecule has 0 bridgehead atoms. The first-order chi connectivity index (χ1) is 7.79. The lowest BCUT2D eigenvalue weighted by molar-refractivity contribution is 0.0975. The summed E-state index contributed by atoms with van der Waals surface area (Å²) in [6, 6.07) is 8.38. The van der Waals surface area contributed by atoms with Crippen LogP contribution in [-0.2, 0) is 6.54 Å². The highest BCUT2D eigenvalue weighted by Crippen LogP contribution is 2.07. The molecule has 0 atom stereocenters. The molecule has 1 aromatic carbocycles. The highest BCUT2D eigenvalue weighted by Gasteiger charge is 2.15. The Morgan fingerprint density at radius 2 is 1.65 bits per heavy atom. The molecule has 0 unspecified atom stereocenters. The number of alkyl halides is 2. The summed E-state index contributed by atoms with van der Waals surface area (Å²) >= 11 is 0. The van der Waals surface area contributed by atoms with Crippen molar-refractivity contribution in [1.82, 2.24) is 4.90 Å². The van der Waals surface area contributed by atoms with Gasteiger partial charge in [-0.25, -0.2) is 8.78 Å². The van der Waals surface area contributed by atoms with E-state index < -0.39 is 14.5 Å². The molecule has 0 aliphatic rings. The minimum atomic E-state index is -2.26. The van der Waals surface area contributed by atoms with Crippen LogP contribution in [0.15, 0.2) is 24.3 Å². The molecule has 0 spiro atoms. The summed E-state index contributed by atoms with van der Waals surface area (Å²) < 4.78 is 24.3. The minimum absolute atomic E-state index is 0.171. The van der Waals surface area contributed by atoms with Crippen molar-refractivity contribution < 1.29 is 8.78 Å². The Balaban J connectivity index is 2.63. The van der Waals surface area contributed by atoms with Gasteiger partial charge in [-0.1, -0.05) is 49.1 Å². The molecule has 0 radical (unpaired) electrons. The van der Waals surface area contributed by atoms with E-state index in [-0.39, 0.29) is 6.54 Å². The van der Waals surface area contributed by atoms with Crippen LogP contribution < -0.4 is 5.19 Å². The van der Waals surface area contributed by atoms with Gasteiger partial charge in [0, 0.05) is 6.54 Å². The molecule has 0 saturated heterocycles. The summed E-state index contributed by atoms with van der Waals surface area (Å²) in [5, 5.41) is 1.40. The number of hydrogen-bond donors (Lipinski definition) is 0. The third kappa shape index (κ3) is 4.96. The highest BCUT2D eigenvalue weighted by atomic mass is 28.3. The molecule has 0 saturated carbocycles. The van der Waals surface area contributed by atoms with Gasteiger partial charge in [0.25, 0.3) is 6.43 Å². The molecular formula is C13H21F2NSi. The molecule has 4 heteroatoms. The molecule has 0 aliphatic heterocycles. The number of rotatable bonds is 5. The van der Waals surface area contributed by atoms with Gasteiger partial charge in [0.05, 0.1) is 14.6 Å². The van der Waals surface area contributed by atoms with Gasteiger partial charge in [-0.05, 0) is 12.6 Å². The van der Waals surface area contributed by atoms with Crippen LogP contribution >= 0.6 is 0 Å². The molecule has 0 aliphatic carbocycles. The summed E-state index contributed by atoms with van der Waals surface area (Å²) in [4.78, 5) is 1.65. The van der Waals surface area contributed by atoms with Crippen LogP contribution in [0.2, 0.25) is 19.6 Å². The Labute approximate surface area is 103 Å². The summed E-state index contributed by atoms with van der Waals surface area (Å²) in [6.45, 7) is 7.30. The molecule has 96 valence electrons.